The van der Waals surface area contributed by atoms with Gasteiger partial charge in [-0.2, -0.15) is 5.26 Å². The number of carbonyl (C=O) groups is 1. The van der Waals surface area contributed by atoms with Crippen LogP contribution in [0.25, 0.3) is 0 Å². The van der Waals surface area contributed by atoms with Crippen LogP contribution in [-0.4, -0.2) is 47.9 Å². The molecule has 1 unspecified atom stereocenters. The van der Waals surface area contributed by atoms with Gasteiger partial charge in [-0.3, -0.25) is 9.69 Å². The van der Waals surface area contributed by atoms with Gasteiger partial charge in [0.05, 0.1) is 11.6 Å². The molecule has 1 fully saturated rings. The SMILES string of the molecule is CC1CCCN1CCN1CCc2cc(OCc3ccc(C#N)cc3)ccc2C1=O.Cl. The van der Waals surface area contributed by atoms with Gasteiger partial charge < -0.3 is 9.64 Å². The minimum atomic E-state index is 0. The Morgan fingerprint density at radius 2 is 1.93 bits per heavy atom. The third-order valence-electron chi connectivity index (χ3n) is 6.08. The Morgan fingerprint density at radius 3 is 2.63 bits per heavy atom. The highest BCUT2D eigenvalue weighted by atomic mass is 35.5. The molecule has 4 rings (SSSR count). The minimum absolute atomic E-state index is 0. The van der Waals surface area contributed by atoms with Crippen molar-refractivity contribution in [3.05, 3.63) is 64.7 Å². The summed E-state index contributed by atoms with van der Waals surface area (Å²) in [7, 11) is 0. The number of rotatable bonds is 6. The second-order valence-electron chi connectivity index (χ2n) is 7.99. The molecule has 1 amide bonds. The Morgan fingerprint density at radius 1 is 1.13 bits per heavy atom. The minimum Gasteiger partial charge on any atom is -0.489 e. The van der Waals surface area contributed by atoms with Gasteiger partial charge in [-0.1, -0.05) is 12.1 Å². The fraction of sp³-hybridized carbons (Fsp3) is 0.417. The highest BCUT2D eigenvalue weighted by Gasteiger charge is 2.26. The monoisotopic (exact) mass is 425 g/mol. The van der Waals surface area contributed by atoms with E-state index in [1.165, 1.54) is 12.8 Å². The third-order valence-corrected chi connectivity index (χ3v) is 6.08. The molecule has 0 aromatic heterocycles. The molecular formula is C24H28ClN3O2. The van der Waals surface area contributed by atoms with Gasteiger partial charge in [0.15, 0.2) is 0 Å². The maximum Gasteiger partial charge on any atom is 0.254 e. The lowest BCUT2D eigenvalue weighted by Crippen LogP contribution is -2.43. The summed E-state index contributed by atoms with van der Waals surface area (Å²) in [5, 5.41) is 8.87. The van der Waals surface area contributed by atoms with Crippen molar-refractivity contribution >= 4 is 18.3 Å². The van der Waals surface area contributed by atoms with Crippen molar-refractivity contribution in [1.29, 1.82) is 5.26 Å². The Balaban J connectivity index is 0.00000256. The van der Waals surface area contributed by atoms with E-state index in [2.05, 4.69) is 17.9 Å². The molecule has 0 aliphatic carbocycles. The normalized spacial score (nSPS) is 18.5. The van der Waals surface area contributed by atoms with Crippen molar-refractivity contribution in [3.63, 3.8) is 0 Å². The van der Waals surface area contributed by atoms with E-state index in [0.717, 1.165) is 55.0 Å². The third kappa shape index (κ3) is 4.95. The maximum absolute atomic E-state index is 12.9. The molecule has 0 saturated carbocycles. The number of nitrogens with zero attached hydrogens (tertiary/aromatic N) is 3. The molecule has 0 N–H and O–H groups in total. The largest absolute Gasteiger partial charge is 0.489 e. The second-order valence-corrected chi connectivity index (χ2v) is 7.99. The summed E-state index contributed by atoms with van der Waals surface area (Å²) in [6.45, 7) is 6.42. The van der Waals surface area contributed by atoms with Crippen molar-refractivity contribution in [2.24, 2.45) is 0 Å². The highest BCUT2D eigenvalue weighted by Crippen LogP contribution is 2.25. The summed E-state index contributed by atoms with van der Waals surface area (Å²) in [5.41, 5.74) is 3.53. The summed E-state index contributed by atoms with van der Waals surface area (Å²) >= 11 is 0. The summed E-state index contributed by atoms with van der Waals surface area (Å²) < 4.78 is 5.91. The van der Waals surface area contributed by atoms with E-state index in [4.69, 9.17) is 10.00 Å². The molecule has 6 heteroatoms. The van der Waals surface area contributed by atoms with Crippen LogP contribution in [0.3, 0.4) is 0 Å². The molecular weight excluding hydrogens is 398 g/mol. The smallest absolute Gasteiger partial charge is 0.254 e. The molecule has 2 heterocycles. The standard InChI is InChI=1S/C24H27N3O2.ClH/c1-18-3-2-11-26(18)13-14-27-12-10-21-15-22(8-9-23(21)24(27)28)29-17-20-6-4-19(16-25)5-7-20;/h4-9,15,18H,2-3,10-14,17H2,1H3;1H. The summed E-state index contributed by atoms with van der Waals surface area (Å²) in [4.78, 5) is 17.4. The average molecular weight is 426 g/mol. The van der Waals surface area contributed by atoms with Gasteiger partial charge in [-0.05, 0) is 74.2 Å². The van der Waals surface area contributed by atoms with Crippen molar-refractivity contribution < 1.29 is 9.53 Å². The average Bonchev–Trinajstić information content (AvgIpc) is 3.17. The van der Waals surface area contributed by atoms with Gasteiger partial charge in [0.1, 0.15) is 12.4 Å². The van der Waals surface area contributed by atoms with E-state index in [0.29, 0.717) is 18.2 Å². The Hall–Kier alpha value is -2.55. The molecule has 1 atom stereocenters. The van der Waals surface area contributed by atoms with Crippen molar-refractivity contribution in [1.82, 2.24) is 9.80 Å². The number of halogens is 1. The molecule has 158 valence electrons. The van der Waals surface area contributed by atoms with E-state index in [-0.39, 0.29) is 18.3 Å². The lowest BCUT2D eigenvalue weighted by atomic mass is 9.98. The summed E-state index contributed by atoms with van der Waals surface area (Å²) in [6, 6.07) is 15.9. The van der Waals surface area contributed by atoms with Gasteiger partial charge in [0, 0.05) is 31.2 Å². The highest BCUT2D eigenvalue weighted by molar-refractivity contribution is 5.97. The lowest BCUT2D eigenvalue weighted by Gasteiger charge is -2.31. The predicted octanol–water partition coefficient (Wildman–Crippen LogP) is 4.04. The first-order valence-corrected chi connectivity index (χ1v) is 10.4. The van der Waals surface area contributed by atoms with Crippen LogP contribution in [0, 0.1) is 11.3 Å². The van der Waals surface area contributed by atoms with Crippen LogP contribution in [0.1, 0.15) is 46.8 Å². The topological polar surface area (TPSA) is 56.6 Å². The summed E-state index contributed by atoms with van der Waals surface area (Å²) in [5.74, 6) is 0.914. The number of benzene rings is 2. The molecule has 2 aromatic rings. The number of ether oxygens (including phenoxy) is 1. The van der Waals surface area contributed by atoms with Gasteiger partial charge in [0.25, 0.3) is 5.91 Å². The number of amides is 1. The number of hydrogen-bond acceptors (Lipinski definition) is 4. The molecule has 1 saturated heterocycles. The van der Waals surface area contributed by atoms with Crippen LogP contribution in [0.4, 0.5) is 0 Å². The van der Waals surface area contributed by atoms with Crippen LogP contribution in [0.2, 0.25) is 0 Å². The maximum atomic E-state index is 12.9. The zero-order chi connectivity index (χ0) is 20.2. The van der Waals surface area contributed by atoms with Crippen LogP contribution in [0.15, 0.2) is 42.5 Å². The lowest BCUT2D eigenvalue weighted by molar-refractivity contribution is 0.0716. The zero-order valence-corrected chi connectivity index (χ0v) is 18.2. The molecule has 2 aliphatic rings. The van der Waals surface area contributed by atoms with Gasteiger partial charge in [-0.15, -0.1) is 12.4 Å². The Labute approximate surface area is 184 Å². The molecule has 5 nitrogen and oxygen atoms in total. The van der Waals surface area contributed by atoms with E-state index >= 15 is 0 Å². The quantitative estimate of drug-likeness (QED) is 0.700. The van der Waals surface area contributed by atoms with Crippen LogP contribution >= 0.6 is 12.4 Å². The van der Waals surface area contributed by atoms with E-state index in [9.17, 15) is 4.79 Å². The van der Waals surface area contributed by atoms with Gasteiger partial charge in [0.2, 0.25) is 0 Å². The van der Waals surface area contributed by atoms with Gasteiger partial charge >= 0.3 is 0 Å². The van der Waals surface area contributed by atoms with E-state index < -0.39 is 0 Å². The van der Waals surface area contributed by atoms with Crippen LogP contribution < -0.4 is 4.74 Å². The fourth-order valence-corrected chi connectivity index (χ4v) is 4.23. The first-order valence-electron chi connectivity index (χ1n) is 10.4. The van der Waals surface area contributed by atoms with Crippen molar-refractivity contribution in [2.75, 3.05) is 26.2 Å². The van der Waals surface area contributed by atoms with Crippen LogP contribution in [0.5, 0.6) is 5.75 Å². The number of carbonyl (C=O) groups excluding carboxylic acids is 1. The molecule has 0 radical (unpaired) electrons. The fourth-order valence-electron chi connectivity index (χ4n) is 4.23. The second kappa shape index (κ2) is 9.97. The number of hydrogen-bond donors (Lipinski definition) is 0. The zero-order valence-electron chi connectivity index (χ0n) is 17.3. The molecule has 2 aliphatic heterocycles. The number of fused-ring (bicyclic) bond motifs is 1. The molecule has 30 heavy (non-hydrogen) atoms. The first kappa shape index (κ1) is 22.1. The van der Waals surface area contributed by atoms with Crippen molar-refractivity contribution in [2.45, 2.75) is 38.8 Å². The van der Waals surface area contributed by atoms with Gasteiger partial charge in [-0.25, -0.2) is 0 Å². The predicted molar refractivity (Wildman–Crippen MR) is 119 cm³/mol. The van der Waals surface area contributed by atoms with Crippen LogP contribution in [-0.2, 0) is 13.0 Å². The Bertz CT molecular complexity index is 923. The summed E-state index contributed by atoms with van der Waals surface area (Å²) in [6.07, 6.45) is 3.40. The first-order chi connectivity index (χ1) is 14.1. The molecule has 0 spiro atoms. The molecule has 0 bridgehead atoms. The molecule has 2 aromatic carbocycles. The van der Waals surface area contributed by atoms with E-state index in [1.54, 1.807) is 12.1 Å². The number of likely N-dealkylation sites (tertiary alicyclic amines) is 1. The van der Waals surface area contributed by atoms with E-state index in [1.807, 2.05) is 35.2 Å². The Kier molecular flexibility index (Phi) is 7.36. The van der Waals surface area contributed by atoms with Crippen molar-refractivity contribution in [3.8, 4) is 11.8 Å². The number of nitriles is 1.